The summed E-state index contributed by atoms with van der Waals surface area (Å²) >= 11 is 5.83. The number of hydrogen-bond acceptors (Lipinski definition) is 4. The molecule has 3 rings (SSSR count). The number of carbonyl (C=O) groups excluding carboxylic acids is 2. The first-order chi connectivity index (χ1) is 13.9. The van der Waals surface area contributed by atoms with Gasteiger partial charge in [-0.1, -0.05) is 24.4 Å². The smallest absolute Gasteiger partial charge is 0.243 e. The molecule has 0 aromatic heterocycles. The zero-order valence-corrected chi connectivity index (χ0v) is 18.0. The molecule has 1 saturated heterocycles. The van der Waals surface area contributed by atoms with E-state index in [1.54, 1.807) is 12.1 Å². The van der Waals surface area contributed by atoms with Gasteiger partial charge in [-0.15, -0.1) is 0 Å². The van der Waals surface area contributed by atoms with Gasteiger partial charge in [-0.3, -0.25) is 9.59 Å². The number of piperidine rings is 1. The minimum absolute atomic E-state index is 0.0799. The van der Waals surface area contributed by atoms with Crippen molar-refractivity contribution in [1.29, 1.82) is 0 Å². The van der Waals surface area contributed by atoms with Gasteiger partial charge in [0.05, 0.1) is 4.90 Å². The van der Waals surface area contributed by atoms with Gasteiger partial charge in [0.1, 0.15) is 0 Å². The quantitative estimate of drug-likeness (QED) is 0.634. The van der Waals surface area contributed by atoms with Gasteiger partial charge < -0.3 is 10.6 Å². The zero-order valence-electron chi connectivity index (χ0n) is 16.4. The number of halogens is 1. The average Bonchev–Trinajstić information content (AvgIpc) is 3.26. The van der Waals surface area contributed by atoms with Crippen molar-refractivity contribution < 1.29 is 18.0 Å². The average molecular weight is 442 g/mol. The largest absolute Gasteiger partial charge is 0.354 e. The van der Waals surface area contributed by atoms with E-state index >= 15 is 0 Å². The summed E-state index contributed by atoms with van der Waals surface area (Å²) in [5.74, 6) is -0.0871. The summed E-state index contributed by atoms with van der Waals surface area (Å²) in [6, 6.07) is 6.10. The molecular formula is C20H28ClN3O4S. The summed E-state index contributed by atoms with van der Waals surface area (Å²) in [5, 5.41) is 6.22. The maximum Gasteiger partial charge on any atom is 0.243 e. The first kappa shape index (κ1) is 22.1. The van der Waals surface area contributed by atoms with Gasteiger partial charge in [0, 0.05) is 43.0 Å². The van der Waals surface area contributed by atoms with Gasteiger partial charge in [0.25, 0.3) is 0 Å². The lowest BCUT2D eigenvalue weighted by Crippen LogP contribution is -2.44. The fourth-order valence-electron chi connectivity index (χ4n) is 3.96. The number of benzene rings is 1. The number of amides is 2. The summed E-state index contributed by atoms with van der Waals surface area (Å²) in [6.45, 7) is 1.42. The molecule has 0 radical (unpaired) electrons. The predicted molar refractivity (Wildman–Crippen MR) is 111 cm³/mol. The lowest BCUT2D eigenvalue weighted by atomic mass is 9.97. The molecule has 1 aliphatic heterocycles. The molecule has 7 nitrogen and oxygen atoms in total. The number of rotatable bonds is 7. The van der Waals surface area contributed by atoms with Crippen molar-refractivity contribution in [2.24, 2.45) is 11.8 Å². The number of nitrogens with zero attached hydrogens (tertiary/aromatic N) is 1. The Morgan fingerprint density at radius 3 is 1.90 bits per heavy atom. The van der Waals surface area contributed by atoms with Crippen molar-refractivity contribution in [2.45, 2.75) is 43.4 Å². The Balaban J connectivity index is 1.40. The Labute approximate surface area is 177 Å². The van der Waals surface area contributed by atoms with Gasteiger partial charge in [-0.25, -0.2) is 8.42 Å². The fourth-order valence-corrected chi connectivity index (χ4v) is 5.56. The highest BCUT2D eigenvalue weighted by Gasteiger charge is 2.32. The van der Waals surface area contributed by atoms with Crippen LogP contribution in [0.5, 0.6) is 0 Å². The Hall–Kier alpha value is -1.64. The van der Waals surface area contributed by atoms with Crippen LogP contribution in [0.25, 0.3) is 0 Å². The Morgan fingerprint density at radius 2 is 1.38 bits per heavy atom. The van der Waals surface area contributed by atoms with Gasteiger partial charge >= 0.3 is 0 Å². The van der Waals surface area contributed by atoms with Crippen LogP contribution in [0.3, 0.4) is 0 Å². The second-order valence-corrected chi connectivity index (χ2v) is 10.1. The van der Waals surface area contributed by atoms with E-state index in [1.807, 2.05) is 0 Å². The van der Waals surface area contributed by atoms with Crippen molar-refractivity contribution in [3.05, 3.63) is 29.3 Å². The molecule has 2 amide bonds. The Kier molecular flexibility index (Phi) is 7.54. The van der Waals surface area contributed by atoms with E-state index in [4.69, 9.17) is 11.6 Å². The summed E-state index contributed by atoms with van der Waals surface area (Å²) < 4.78 is 26.8. The predicted octanol–water partition coefficient (Wildman–Crippen LogP) is 2.16. The van der Waals surface area contributed by atoms with E-state index in [-0.39, 0.29) is 28.5 Å². The third-order valence-electron chi connectivity index (χ3n) is 5.73. The standard InChI is InChI=1S/C20H28ClN3O4S/c21-17-5-7-18(8-6-17)29(27,28)24-13-9-16(10-14-24)20(26)23-12-11-22-19(25)15-3-1-2-4-15/h5-8,15-16H,1-4,9-14H2,(H,22,25)(H,23,26). The molecule has 1 heterocycles. The van der Waals surface area contributed by atoms with Gasteiger partial charge in [0.2, 0.25) is 21.8 Å². The van der Waals surface area contributed by atoms with Crippen molar-refractivity contribution in [3.63, 3.8) is 0 Å². The van der Waals surface area contributed by atoms with Crippen LogP contribution in [0.2, 0.25) is 5.02 Å². The van der Waals surface area contributed by atoms with E-state index in [9.17, 15) is 18.0 Å². The van der Waals surface area contributed by atoms with E-state index < -0.39 is 10.0 Å². The third kappa shape index (κ3) is 5.71. The van der Waals surface area contributed by atoms with Gasteiger partial charge in [0.15, 0.2) is 0 Å². The van der Waals surface area contributed by atoms with Crippen LogP contribution in [0.15, 0.2) is 29.2 Å². The SMILES string of the molecule is O=C(NCCNC(=O)C1CCN(S(=O)(=O)c2ccc(Cl)cc2)CC1)C1CCCC1. The highest BCUT2D eigenvalue weighted by Crippen LogP contribution is 2.25. The molecule has 1 aromatic rings. The summed E-state index contributed by atoms with van der Waals surface area (Å²) in [5.41, 5.74) is 0. The van der Waals surface area contributed by atoms with Crippen LogP contribution in [-0.4, -0.2) is 50.7 Å². The van der Waals surface area contributed by atoms with Crippen LogP contribution in [0.1, 0.15) is 38.5 Å². The van der Waals surface area contributed by atoms with E-state index in [1.165, 1.54) is 16.4 Å². The molecule has 160 valence electrons. The number of nitrogens with one attached hydrogen (secondary N) is 2. The summed E-state index contributed by atoms with van der Waals surface area (Å²) in [6.07, 6.45) is 5.09. The second-order valence-electron chi connectivity index (χ2n) is 7.70. The maximum atomic E-state index is 12.7. The molecule has 29 heavy (non-hydrogen) atoms. The molecule has 0 atom stereocenters. The normalized spacial score (nSPS) is 19.2. The molecule has 2 N–H and O–H groups in total. The fraction of sp³-hybridized carbons (Fsp3) is 0.600. The summed E-state index contributed by atoms with van der Waals surface area (Å²) in [4.78, 5) is 24.5. The van der Waals surface area contributed by atoms with Crippen molar-refractivity contribution in [1.82, 2.24) is 14.9 Å². The van der Waals surface area contributed by atoms with Gasteiger partial charge in [-0.05, 0) is 49.9 Å². The first-order valence-corrected chi connectivity index (χ1v) is 12.0. The molecular weight excluding hydrogens is 414 g/mol. The van der Waals surface area contributed by atoms with Crippen molar-refractivity contribution in [2.75, 3.05) is 26.2 Å². The highest BCUT2D eigenvalue weighted by atomic mass is 35.5. The van der Waals surface area contributed by atoms with Crippen LogP contribution in [0, 0.1) is 11.8 Å². The molecule has 0 spiro atoms. The number of sulfonamides is 1. The zero-order chi connectivity index (χ0) is 20.9. The molecule has 2 aliphatic rings. The number of hydrogen-bond donors (Lipinski definition) is 2. The minimum Gasteiger partial charge on any atom is -0.354 e. The van der Waals surface area contributed by atoms with Crippen molar-refractivity contribution >= 4 is 33.4 Å². The highest BCUT2D eigenvalue weighted by molar-refractivity contribution is 7.89. The first-order valence-electron chi connectivity index (χ1n) is 10.2. The van der Waals surface area contributed by atoms with Crippen LogP contribution in [0.4, 0.5) is 0 Å². The third-order valence-corrected chi connectivity index (χ3v) is 7.89. The lowest BCUT2D eigenvalue weighted by Gasteiger charge is -2.30. The lowest BCUT2D eigenvalue weighted by molar-refractivity contribution is -0.127. The molecule has 1 aromatic carbocycles. The van der Waals surface area contributed by atoms with Gasteiger partial charge in [-0.2, -0.15) is 4.31 Å². The summed E-state index contributed by atoms with van der Waals surface area (Å²) in [7, 11) is -3.57. The molecule has 2 fully saturated rings. The minimum atomic E-state index is -3.57. The van der Waals surface area contributed by atoms with Crippen LogP contribution in [-0.2, 0) is 19.6 Å². The van der Waals surface area contributed by atoms with Crippen LogP contribution >= 0.6 is 11.6 Å². The second kappa shape index (κ2) is 9.91. The maximum absolute atomic E-state index is 12.7. The molecule has 0 bridgehead atoms. The molecule has 9 heteroatoms. The number of carbonyl (C=O) groups is 2. The van der Waals surface area contributed by atoms with Crippen LogP contribution < -0.4 is 10.6 Å². The molecule has 1 saturated carbocycles. The Morgan fingerprint density at radius 1 is 0.897 bits per heavy atom. The molecule has 0 unspecified atom stereocenters. The van der Waals surface area contributed by atoms with E-state index in [0.717, 1.165) is 25.7 Å². The Bertz CT molecular complexity index is 815. The monoisotopic (exact) mass is 441 g/mol. The van der Waals surface area contributed by atoms with Crippen molar-refractivity contribution in [3.8, 4) is 0 Å². The van der Waals surface area contributed by atoms with E-state index in [2.05, 4.69) is 10.6 Å². The van der Waals surface area contributed by atoms with E-state index in [0.29, 0.717) is 44.0 Å². The topological polar surface area (TPSA) is 95.6 Å². The molecule has 1 aliphatic carbocycles.